The number of aromatic nitrogens is 2. The van der Waals surface area contributed by atoms with E-state index in [2.05, 4.69) is 10.3 Å². The predicted molar refractivity (Wildman–Crippen MR) is 95.5 cm³/mol. The zero-order valence-electron chi connectivity index (χ0n) is 14.1. The third kappa shape index (κ3) is 4.79. The average Bonchev–Trinajstić information content (AvgIpc) is 3.47. The van der Waals surface area contributed by atoms with Gasteiger partial charge in [0, 0.05) is 31.1 Å². The van der Waals surface area contributed by atoms with Crippen molar-refractivity contribution < 1.29 is 9.53 Å². The van der Waals surface area contributed by atoms with Gasteiger partial charge in [-0.25, -0.2) is 4.98 Å². The van der Waals surface area contributed by atoms with Crippen LogP contribution in [0.4, 0.5) is 0 Å². The van der Waals surface area contributed by atoms with Crippen LogP contribution in [-0.2, 0) is 11.3 Å². The van der Waals surface area contributed by atoms with E-state index in [9.17, 15) is 9.59 Å². The first-order valence-electron chi connectivity index (χ1n) is 8.32. The van der Waals surface area contributed by atoms with Gasteiger partial charge in [-0.1, -0.05) is 12.1 Å². The largest absolute Gasteiger partial charge is 0.497 e. The van der Waals surface area contributed by atoms with E-state index < -0.39 is 0 Å². The highest BCUT2D eigenvalue weighted by atomic mass is 16.5. The van der Waals surface area contributed by atoms with E-state index in [1.165, 1.54) is 10.6 Å². The topological polar surface area (TPSA) is 73.2 Å². The molecule has 0 bridgehead atoms. The number of nitrogens with one attached hydrogen (secondary N) is 1. The number of nitrogens with zero attached hydrogens (tertiary/aromatic N) is 2. The van der Waals surface area contributed by atoms with Gasteiger partial charge in [-0.05, 0) is 36.6 Å². The Kier molecular flexibility index (Phi) is 5.28. The molecule has 1 saturated carbocycles. The molecule has 0 saturated heterocycles. The maximum atomic E-state index is 12.0. The second-order valence-electron chi connectivity index (χ2n) is 6.02. The van der Waals surface area contributed by atoms with Crippen LogP contribution in [0.5, 0.6) is 5.75 Å². The van der Waals surface area contributed by atoms with Crippen LogP contribution in [0.15, 0.2) is 47.5 Å². The third-order valence-corrected chi connectivity index (χ3v) is 4.09. The molecule has 2 aromatic rings. The number of hydrogen-bond acceptors (Lipinski definition) is 4. The minimum atomic E-state index is -0.202. The second-order valence-corrected chi connectivity index (χ2v) is 6.02. The Bertz CT molecular complexity index is 821. The SMILES string of the molecule is COc1ccc(/C=C/C(=O)NCCn2cnc(C3CC3)cc2=O)cc1. The Labute approximate surface area is 146 Å². The smallest absolute Gasteiger partial charge is 0.253 e. The van der Waals surface area contributed by atoms with Crippen molar-refractivity contribution in [2.45, 2.75) is 25.3 Å². The van der Waals surface area contributed by atoms with Gasteiger partial charge in [0.2, 0.25) is 5.91 Å². The van der Waals surface area contributed by atoms with Crippen LogP contribution in [0.3, 0.4) is 0 Å². The maximum Gasteiger partial charge on any atom is 0.253 e. The lowest BCUT2D eigenvalue weighted by molar-refractivity contribution is -0.116. The fraction of sp³-hybridized carbons (Fsp3) is 0.316. The summed E-state index contributed by atoms with van der Waals surface area (Å²) >= 11 is 0. The summed E-state index contributed by atoms with van der Waals surface area (Å²) in [7, 11) is 1.61. The predicted octanol–water partition coefficient (Wildman–Crippen LogP) is 1.96. The van der Waals surface area contributed by atoms with E-state index in [1.807, 2.05) is 24.3 Å². The summed E-state index contributed by atoms with van der Waals surface area (Å²) in [5.41, 5.74) is 1.72. The normalized spacial score (nSPS) is 13.8. The minimum absolute atomic E-state index is 0.0695. The van der Waals surface area contributed by atoms with Crippen LogP contribution in [0.1, 0.15) is 30.0 Å². The summed E-state index contributed by atoms with van der Waals surface area (Å²) in [5, 5.41) is 2.76. The number of amides is 1. The van der Waals surface area contributed by atoms with Gasteiger partial charge in [0.1, 0.15) is 5.75 Å². The molecule has 1 N–H and O–H groups in total. The molecule has 1 aliphatic carbocycles. The Morgan fingerprint density at radius 2 is 2.12 bits per heavy atom. The first kappa shape index (κ1) is 17.0. The molecule has 6 heteroatoms. The van der Waals surface area contributed by atoms with Crippen molar-refractivity contribution in [2.75, 3.05) is 13.7 Å². The van der Waals surface area contributed by atoms with Gasteiger partial charge in [-0.3, -0.25) is 14.2 Å². The molecule has 6 nitrogen and oxygen atoms in total. The average molecular weight is 339 g/mol. The van der Waals surface area contributed by atoms with Crippen molar-refractivity contribution in [1.29, 1.82) is 0 Å². The van der Waals surface area contributed by atoms with Crippen LogP contribution >= 0.6 is 0 Å². The summed E-state index contributed by atoms with van der Waals surface area (Å²) in [6.07, 6.45) is 7.00. The summed E-state index contributed by atoms with van der Waals surface area (Å²) in [6, 6.07) is 9.01. The van der Waals surface area contributed by atoms with Crippen LogP contribution in [-0.4, -0.2) is 29.1 Å². The van der Waals surface area contributed by atoms with Gasteiger partial charge in [-0.15, -0.1) is 0 Å². The highest BCUT2D eigenvalue weighted by Crippen LogP contribution is 2.38. The van der Waals surface area contributed by atoms with Crippen molar-refractivity contribution in [2.24, 2.45) is 0 Å². The Morgan fingerprint density at radius 3 is 2.76 bits per heavy atom. The first-order valence-corrected chi connectivity index (χ1v) is 8.32. The molecule has 0 atom stereocenters. The number of benzene rings is 1. The zero-order chi connectivity index (χ0) is 17.6. The van der Waals surface area contributed by atoms with Gasteiger partial charge in [0.25, 0.3) is 5.56 Å². The van der Waals surface area contributed by atoms with Crippen LogP contribution in [0.2, 0.25) is 0 Å². The van der Waals surface area contributed by atoms with E-state index in [-0.39, 0.29) is 11.5 Å². The highest BCUT2D eigenvalue weighted by molar-refractivity contribution is 5.91. The molecular formula is C19H21N3O3. The molecule has 0 radical (unpaired) electrons. The number of ether oxygens (including phenoxy) is 1. The second kappa shape index (κ2) is 7.79. The van der Waals surface area contributed by atoms with E-state index in [0.29, 0.717) is 19.0 Å². The van der Waals surface area contributed by atoms with Gasteiger partial charge in [-0.2, -0.15) is 0 Å². The van der Waals surface area contributed by atoms with E-state index >= 15 is 0 Å². The fourth-order valence-corrected chi connectivity index (χ4v) is 2.46. The Morgan fingerprint density at radius 1 is 1.36 bits per heavy atom. The number of hydrogen-bond donors (Lipinski definition) is 1. The lowest BCUT2D eigenvalue weighted by Gasteiger charge is -2.06. The molecule has 1 aliphatic rings. The van der Waals surface area contributed by atoms with Crippen molar-refractivity contribution in [3.05, 3.63) is 64.3 Å². The monoisotopic (exact) mass is 339 g/mol. The molecule has 25 heavy (non-hydrogen) atoms. The standard InChI is InChI=1S/C19H21N3O3/c1-25-16-7-2-14(3-8-16)4-9-18(23)20-10-11-22-13-21-17(12-19(22)24)15-5-6-15/h2-4,7-9,12-13,15H,5-6,10-11H2,1H3,(H,20,23)/b9-4+. The molecular weight excluding hydrogens is 318 g/mol. The zero-order valence-corrected chi connectivity index (χ0v) is 14.1. The summed E-state index contributed by atoms with van der Waals surface area (Å²) in [4.78, 5) is 28.2. The van der Waals surface area contributed by atoms with Crippen molar-refractivity contribution >= 4 is 12.0 Å². The summed E-state index contributed by atoms with van der Waals surface area (Å²) < 4.78 is 6.60. The first-order chi connectivity index (χ1) is 12.2. The number of carbonyl (C=O) groups is 1. The Hall–Kier alpha value is -2.89. The van der Waals surface area contributed by atoms with Crippen molar-refractivity contribution in [3.63, 3.8) is 0 Å². The van der Waals surface area contributed by atoms with Gasteiger partial charge >= 0.3 is 0 Å². The summed E-state index contributed by atoms with van der Waals surface area (Å²) in [5.74, 6) is 1.03. The molecule has 1 aromatic carbocycles. The molecule has 130 valence electrons. The third-order valence-electron chi connectivity index (χ3n) is 4.09. The molecule has 1 fully saturated rings. The molecule has 1 heterocycles. The number of rotatable bonds is 7. The van der Waals surface area contributed by atoms with Gasteiger partial charge in [0.15, 0.2) is 0 Å². The number of carbonyl (C=O) groups excluding carboxylic acids is 1. The van der Waals surface area contributed by atoms with E-state index in [1.54, 1.807) is 25.6 Å². The van der Waals surface area contributed by atoms with E-state index in [0.717, 1.165) is 29.8 Å². The fourth-order valence-electron chi connectivity index (χ4n) is 2.46. The lowest BCUT2D eigenvalue weighted by Crippen LogP contribution is -2.30. The molecule has 3 rings (SSSR count). The van der Waals surface area contributed by atoms with Crippen LogP contribution < -0.4 is 15.6 Å². The highest BCUT2D eigenvalue weighted by Gasteiger charge is 2.25. The molecule has 0 aliphatic heterocycles. The lowest BCUT2D eigenvalue weighted by atomic mass is 10.2. The molecule has 0 unspecified atom stereocenters. The van der Waals surface area contributed by atoms with Gasteiger partial charge < -0.3 is 10.1 Å². The molecule has 0 spiro atoms. The van der Waals surface area contributed by atoms with Crippen molar-refractivity contribution in [3.8, 4) is 5.75 Å². The quantitative estimate of drug-likeness (QED) is 0.783. The van der Waals surface area contributed by atoms with Crippen LogP contribution in [0, 0.1) is 0 Å². The van der Waals surface area contributed by atoms with Gasteiger partial charge in [0.05, 0.1) is 19.1 Å². The van der Waals surface area contributed by atoms with Crippen LogP contribution in [0.25, 0.3) is 6.08 Å². The summed E-state index contributed by atoms with van der Waals surface area (Å²) in [6.45, 7) is 0.773. The maximum absolute atomic E-state index is 12.0. The minimum Gasteiger partial charge on any atom is -0.497 e. The van der Waals surface area contributed by atoms with Crippen molar-refractivity contribution in [1.82, 2.24) is 14.9 Å². The Balaban J connectivity index is 1.47. The number of methoxy groups -OCH3 is 1. The van der Waals surface area contributed by atoms with E-state index in [4.69, 9.17) is 4.74 Å². The molecule has 1 aromatic heterocycles. The molecule has 1 amide bonds.